The van der Waals surface area contributed by atoms with Gasteiger partial charge in [0.05, 0.1) is 45.0 Å². The molecule has 0 aliphatic rings. The van der Waals surface area contributed by atoms with Crippen LogP contribution in [0.15, 0.2) is 42.6 Å². The number of hydrogen-bond acceptors (Lipinski definition) is 6. The zero-order valence-electron chi connectivity index (χ0n) is 19.4. The summed E-state index contributed by atoms with van der Waals surface area (Å²) in [6.07, 6.45) is 1.42. The normalized spacial score (nSPS) is 12.4. The number of hydrogen-bond donors (Lipinski definition) is 1. The standard InChI is InChI=1S/C25H21ClF2N5OP/c1-13(17-9-15(11-29)5-7-18(17)27)32-25-22(26)14(2)31-20-10-19(28)23(33-24(20)25)16-6-8-21(30-12-16)35(3,4)34/h5-10,12-13H,1-4H3,(H,31,32)/t13-/m1/s1. The second-order valence-electron chi connectivity index (χ2n) is 8.54. The summed E-state index contributed by atoms with van der Waals surface area (Å²) >= 11 is 6.56. The summed E-state index contributed by atoms with van der Waals surface area (Å²) in [4.78, 5) is 13.1. The molecule has 1 aromatic carbocycles. The summed E-state index contributed by atoms with van der Waals surface area (Å²) in [6.45, 7) is 6.61. The molecule has 0 unspecified atom stereocenters. The van der Waals surface area contributed by atoms with Crippen molar-refractivity contribution in [1.82, 2.24) is 15.0 Å². The largest absolute Gasteiger partial charge is 0.375 e. The Morgan fingerprint density at radius 1 is 1.11 bits per heavy atom. The first-order valence-electron chi connectivity index (χ1n) is 10.6. The second kappa shape index (κ2) is 9.33. The molecule has 0 saturated heterocycles. The maximum Gasteiger partial charge on any atom is 0.151 e. The Morgan fingerprint density at radius 3 is 2.49 bits per heavy atom. The Bertz CT molecular complexity index is 1550. The molecule has 0 spiro atoms. The van der Waals surface area contributed by atoms with Crippen molar-refractivity contribution in [3.05, 3.63) is 76.1 Å². The predicted molar refractivity (Wildman–Crippen MR) is 135 cm³/mol. The van der Waals surface area contributed by atoms with E-state index in [9.17, 15) is 14.2 Å². The number of anilines is 1. The number of nitrogens with one attached hydrogen (secondary N) is 1. The van der Waals surface area contributed by atoms with Gasteiger partial charge in [-0.1, -0.05) is 11.6 Å². The van der Waals surface area contributed by atoms with Gasteiger partial charge in [-0.3, -0.25) is 4.98 Å². The maximum absolute atomic E-state index is 15.0. The number of fused-ring (bicyclic) bond motifs is 1. The van der Waals surface area contributed by atoms with Crippen molar-refractivity contribution in [3.8, 4) is 17.3 Å². The SMILES string of the molecule is Cc1nc2cc(F)c(-c3ccc(P(C)(C)=O)nc3)nc2c(N[C@H](C)c2cc(C#N)ccc2F)c1Cl. The van der Waals surface area contributed by atoms with Crippen LogP contribution in [0.4, 0.5) is 14.5 Å². The van der Waals surface area contributed by atoms with E-state index in [0.29, 0.717) is 33.5 Å². The van der Waals surface area contributed by atoms with Gasteiger partial charge in [-0.15, -0.1) is 0 Å². The van der Waals surface area contributed by atoms with E-state index in [2.05, 4.69) is 20.3 Å². The van der Waals surface area contributed by atoms with Crippen LogP contribution in [-0.4, -0.2) is 28.3 Å². The van der Waals surface area contributed by atoms with E-state index < -0.39 is 24.8 Å². The molecule has 3 heterocycles. The highest BCUT2D eigenvalue weighted by molar-refractivity contribution is 7.69. The van der Waals surface area contributed by atoms with Crippen molar-refractivity contribution in [2.45, 2.75) is 19.9 Å². The second-order valence-corrected chi connectivity index (χ2v) is 12.1. The number of benzene rings is 1. The highest BCUT2D eigenvalue weighted by Gasteiger charge is 2.21. The van der Waals surface area contributed by atoms with Crippen LogP contribution in [-0.2, 0) is 4.57 Å². The molecule has 10 heteroatoms. The van der Waals surface area contributed by atoms with Gasteiger partial charge < -0.3 is 9.88 Å². The van der Waals surface area contributed by atoms with E-state index in [0.717, 1.165) is 0 Å². The lowest BCUT2D eigenvalue weighted by molar-refractivity contribution is 0.587. The van der Waals surface area contributed by atoms with Gasteiger partial charge in [0.2, 0.25) is 0 Å². The Morgan fingerprint density at radius 2 is 1.86 bits per heavy atom. The number of pyridine rings is 3. The topological polar surface area (TPSA) is 91.6 Å². The lowest BCUT2D eigenvalue weighted by atomic mass is 10.0. The fourth-order valence-corrected chi connectivity index (χ4v) is 4.64. The minimum Gasteiger partial charge on any atom is -0.375 e. The molecule has 0 saturated carbocycles. The average molecular weight is 512 g/mol. The van der Waals surface area contributed by atoms with Gasteiger partial charge in [0, 0.05) is 23.4 Å². The molecule has 3 aromatic heterocycles. The summed E-state index contributed by atoms with van der Waals surface area (Å²) in [7, 11) is -2.57. The molecule has 4 rings (SSSR count). The molecule has 0 radical (unpaired) electrons. The quantitative estimate of drug-likeness (QED) is 0.320. The molecule has 0 bridgehead atoms. The van der Waals surface area contributed by atoms with E-state index in [1.807, 2.05) is 6.07 Å². The summed E-state index contributed by atoms with van der Waals surface area (Å²) in [6, 6.07) is 9.96. The molecule has 35 heavy (non-hydrogen) atoms. The van der Waals surface area contributed by atoms with Crippen molar-refractivity contribution in [3.63, 3.8) is 0 Å². The summed E-state index contributed by atoms with van der Waals surface area (Å²) in [5, 5.41) is 12.6. The average Bonchev–Trinajstić information content (AvgIpc) is 2.81. The van der Waals surface area contributed by atoms with Gasteiger partial charge in [0.15, 0.2) is 5.82 Å². The number of aryl methyl sites for hydroxylation is 1. The van der Waals surface area contributed by atoms with E-state index in [1.165, 1.54) is 30.5 Å². The monoisotopic (exact) mass is 511 g/mol. The fourth-order valence-electron chi connectivity index (χ4n) is 3.68. The van der Waals surface area contributed by atoms with Gasteiger partial charge in [-0.2, -0.15) is 5.26 Å². The Labute approximate surface area is 206 Å². The number of rotatable bonds is 5. The van der Waals surface area contributed by atoms with Crippen LogP contribution >= 0.6 is 18.7 Å². The molecular weight excluding hydrogens is 491 g/mol. The highest BCUT2D eigenvalue weighted by Crippen LogP contribution is 2.37. The molecule has 1 atom stereocenters. The number of halogens is 3. The smallest absolute Gasteiger partial charge is 0.151 e. The van der Waals surface area contributed by atoms with Crippen molar-refractivity contribution < 1.29 is 13.3 Å². The van der Waals surface area contributed by atoms with Crippen molar-refractivity contribution in [2.24, 2.45) is 0 Å². The van der Waals surface area contributed by atoms with Gasteiger partial charge in [0.25, 0.3) is 0 Å². The molecule has 6 nitrogen and oxygen atoms in total. The number of nitriles is 1. The lowest BCUT2D eigenvalue weighted by Crippen LogP contribution is -2.11. The minimum absolute atomic E-state index is 0.0219. The Kier molecular flexibility index (Phi) is 6.59. The molecule has 0 aliphatic heterocycles. The number of nitrogens with zero attached hydrogens (tertiary/aromatic N) is 4. The molecule has 0 aliphatic carbocycles. The summed E-state index contributed by atoms with van der Waals surface area (Å²) < 4.78 is 41.8. The van der Waals surface area contributed by atoms with Gasteiger partial charge in [-0.05, 0) is 57.5 Å². The van der Waals surface area contributed by atoms with E-state index in [4.69, 9.17) is 11.6 Å². The van der Waals surface area contributed by atoms with E-state index >= 15 is 4.39 Å². The third-order valence-corrected chi connectivity index (χ3v) is 7.37. The van der Waals surface area contributed by atoms with Crippen LogP contribution < -0.4 is 10.8 Å². The molecule has 4 aromatic rings. The zero-order valence-corrected chi connectivity index (χ0v) is 21.0. The van der Waals surface area contributed by atoms with Crippen LogP contribution in [0.1, 0.15) is 29.8 Å². The molecule has 1 N–H and O–H groups in total. The molecule has 178 valence electrons. The summed E-state index contributed by atoms with van der Waals surface area (Å²) in [5.41, 5.74) is 2.81. The van der Waals surface area contributed by atoms with Gasteiger partial charge in [0.1, 0.15) is 24.2 Å². The minimum atomic E-state index is -2.57. The van der Waals surface area contributed by atoms with Gasteiger partial charge in [-0.25, -0.2) is 18.7 Å². The first-order chi connectivity index (χ1) is 16.5. The fraction of sp³-hybridized carbons (Fsp3) is 0.200. The van der Waals surface area contributed by atoms with Crippen molar-refractivity contribution >= 4 is 40.9 Å². The van der Waals surface area contributed by atoms with Crippen molar-refractivity contribution in [2.75, 3.05) is 18.6 Å². The number of aromatic nitrogens is 3. The van der Waals surface area contributed by atoms with Crippen LogP contribution in [0.25, 0.3) is 22.3 Å². The molecule has 0 amide bonds. The molecular formula is C25H21ClF2N5OP. The van der Waals surface area contributed by atoms with Gasteiger partial charge >= 0.3 is 0 Å². The van der Waals surface area contributed by atoms with Crippen LogP contribution in [0, 0.1) is 29.9 Å². The van der Waals surface area contributed by atoms with Crippen LogP contribution in [0.3, 0.4) is 0 Å². The zero-order chi connectivity index (χ0) is 25.5. The first-order valence-corrected chi connectivity index (χ1v) is 13.6. The Balaban J connectivity index is 1.84. The maximum atomic E-state index is 15.0. The van der Waals surface area contributed by atoms with Crippen LogP contribution in [0.2, 0.25) is 5.02 Å². The third kappa shape index (κ3) is 4.88. The molecule has 0 fully saturated rings. The highest BCUT2D eigenvalue weighted by atomic mass is 35.5. The first kappa shape index (κ1) is 24.7. The van der Waals surface area contributed by atoms with Crippen molar-refractivity contribution in [1.29, 1.82) is 5.26 Å². The van der Waals surface area contributed by atoms with E-state index in [-0.39, 0.29) is 21.8 Å². The van der Waals surface area contributed by atoms with E-state index in [1.54, 1.807) is 39.3 Å². The predicted octanol–water partition coefficient (Wildman–Crippen LogP) is 6.22. The third-order valence-electron chi connectivity index (χ3n) is 5.54. The van der Waals surface area contributed by atoms with Crippen LogP contribution in [0.5, 0.6) is 0 Å². The Hall–Kier alpha value is -3.40. The lowest BCUT2D eigenvalue weighted by Gasteiger charge is -2.20. The summed E-state index contributed by atoms with van der Waals surface area (Å²) in [5.74, 6) is -1.09.